The van der Waals surface area contributed by atoms with E-state index in [2.05, 4.69) is 22.2 Å². The third-order valence-corrected chi connectivity index (χ3v) is 5.53. The molecule has 1 heterocycles. The molecule has 0 radical (unpaired) electrons. The van der Waals surface area contributed by atoms with Gasteiger partial charge in [-0.2, -0.15) is 0 Å². The fraction of sp³-hybridized carbons (Fsp3) is 0.500. The van der Waals surface area contributed by atoms with E-state index in [1.807, 2.05) is 18.2 Å². The molecule has 4 heteroatoms. The highest BCUT2D eigenvalue weighted by atomic mass is 16.1. The Morgan fingerprint density at radius 3 is 2.73 bits per heavy atom. The molecule has 2 aliphatic rings. The predicted octanol–water partition coefficient (Wildman–Crippen LogP) is 3.18. The van der Waals surface area contributed by atoms with E-state index in [-0.39, 0.29) is 11.9 Å². The van der Waals surface area contributed by atoms with E-state index >= 15 is 0 Å². The lowest BCUT2D eigenvalue weighted by Crippen LogP contribution is -2.40. The van der Waals surface area contributed by atoms with Crippen LogP contribution < -0.4 is 5.32 Å². The van der Waals surface area contributed by atoms with Crippen molar-refractivity contribution in [2.24, 2.45) is 17.8 Å². The van der Waals surface area contributed by atoms with Crippen LogP contribution in [-0.4, -0.2) is 21.9 Å². The Balaban J connectivity index is 1.48. The van der Waals surface area contributed by atoms with E-state index in [0.29, 0.717) is 11.5 Å². The molecule has 2 aromatic rings. The standard InChI is InChI=1S/C18H21N3O/c1-11(15-9-12-2-3-13(15)8-12)21-18(22)14-4-5-16-17(10-14)20-7-6-19-16/h4-7,10-13,15H,2-3,8-9H2,1H3,(H,21,22). The van der Waals surface area contributed by atoms with Gasteiger partial charge >= 0.3 is 0 Å². The third-order valence-electron chi connectivity index (χ3n) is 5.53. The Bertz CT molecular complexity index is 714. The van der Waals surface area contributed by atoms with Crippen LogP contribution in [0.15, 0.2) is 30.6 Å². The van der Waals surface area contributed by atoms with Crippen LogP contribution in [-0.2, 0) is 0 Å². The molecule has 1 N–H and O–H groups in total. The SMILES string of the molecule is CC(NC(=O)c1ccc2nccnc2c1)C1CC2CCC1C2. The van der Waals surface area contributed by atoms with Gasteiger partial charge in [0, 0.05) is 24.0 Å². The van der Waals surface area contributed by atoms with Crippen molar-refractivity contribution in [2.75, 3.05) is 0 Å². The minimum atomic E-state index is 0.00262. The van der Waals surface area contributed by atoms with Crippen molar-refractivity contribution in [3.05, 3.63) is 36.2 Å². The van der Waals surface area contributed by atoms with Gasteiger partial charge in [-0.15, -0.1) is 0 Å². The zero-order chi connectivity index (χ0) is 15.1. The van der Waals surface area contributed by atoms with Crippen LogP contribution in [0.4, 0.5) is 0 Å². The van der Waals surface area contributed by atoms with Crippen LogP contribution in [0.3, 0.4) is 0 Å². The lowest BCUT2D eigenvalue weighted by atomic mass is 9.84. The molecule has 22 heavy (non-hydrogen) atoms. The van der Waals surface area contributed by atoms with Gasteiger partial charge < -0.3 is 5.32 Å². The van der Waals surface area contributed by atoms with Gasteiger partial charge in [0.25, 0.3) is 5.91 Å². The average Bonchev–Trinajstić information content (AvgIpc) is 3.17. The van der Waals surface area contributed by atoms with Crippen molar-refractivity contribution in [2.45, 2.75) is 38.6 Å². The molecule has 2 aliphatic carbocycles. The van der Waals surface area contributed by atoms with Gasteiger partial charge in [0.1, 0.15) is 0 Å². The van der Waals surface area contributed by atoms with Gasteiger partial charge in [-0.05, 0) is 62.1 Å². The summed E-state index contributed by atoms with van der Waals surface area (Å²) in [6, 6.07) is 5.77. The summed E-state index contributed by atoms with van der Waals surface area (Å²) in [4.78, 5) is 21.0. The summed E-state index contributed by atoms with van der Waals surface area (Å²) in [7, 11) is 0. The second kappa shape index (κ2) is 5.34. The van der Waals surface area contributed by atoms with Crippen molar-refractivity contribution in [3.63, 3.8) is 0 Å². The first-order valence-electron chi connectivity index (χ1n) is 8.22. The van der Waals surface area contributed by atoms with Gasteiger partial charge in [0.2, 0.25) is 0 Å². The second-order valence-electron chi connectivity index (χ2n) is 6.86. The van der Waals surface area contributed by atoms with E-state index in [1.54, 1.807) is 12.4 Å². The number of benzene rings is 1. The third kappa shape index (κ3) is 2.36. The minimum Gasteiger partial charge on any atom is -0.349 e. The highest BCUT2D eigenvalue weighted by molar-refractivity contribution is 5.97. The van der Waals surface area contributed by atoms with Crippen LogP contribution in [0.1, 0.15) is 43.0 Å². The van der Waals surface area contributed by atoms with Crippen molar-refractivity contribution in [3.8, 4) is 0 Å². The topological polar surface area (TPSA) is 54.9 Å². The fourth-order valence-electron chi connectivity index (χ4n) is 4.41. The first-order valence-corrected chi connectivity index (χ1v) is 8.22. The van der Waals surface area contributed by atoms with Crippen molar-refractivity contribution >= 4 is 16.9 Å². The first-order chi connectivity index (χ1) is 10.7. The molecular weight excluding hydrogens is 274 g/mol. The molecule has 2 fully saturated rings. The smallest absolute Gasteiger partial charge is 0.251 e. The zero-order valence-corrected chi connectivity index (χ0v) is 12.8. The van der Waals surface area contributed by atoms with Crippen molar-refractivity contribution in [1.29, 1.82) is 0 Å². The molecule has 2 saturated carbocycles. The average molecular weight is 295 g/mol. The number of hydrogen-bond donors (Lipinski definition) is 1. The quantitative estimate of drug-likeness (QED) is 0.946. The summed E-state index contributed by atoms with van der Waals surface area (Å²) in [6.07, 6.45) is 8.72. The van der Waals surface area contributed by atoms with Crippen LogP contribution in [0, 0.1) is 17.8 Å². The fourth-order valence-corrected chi connectivity index (χ4v) is 4.41. The van der Waals surface area contributed by atoms with Crippen molar-refractivity contribution in [1.82, 2.24) is 15.3 Å². The number of hydrogen-bond acceptors (Lipinski definition) is 3. The minimum absolute atomic E-state index is 0.00262. The Hall–Kier alpha value is -1.97. The summed E-state index contributed by atoms with van der Waals surface area (Å²) in [5.41, 5.74) is 2.26. The first kappa shape index (κ1) is 13.7. The maximum absolute atomic E-state index is 12.5. The molecule has 4 rings (SSSR count). The van der Waals surface area contributed by atoms with E-state index in [1.165, 1.54) is 25.7 Å². The lowest BCUT2D eigenvalue weighted by Gasteiger charge is -2.28. The van der Waals surface area contributed by atoms with Crippen LogP contribution in [0.25, 0.3) is 11.0 Å². The molecule has 2 bridgehead atoms. The highest BCUT2D eigenvalue weighted by Crippen LogP contribution is 2.49. The largest absolute Gasteiger partial charge is 0.349 e. The van der Waals surface area contributed by atoms with E-state index in [9.17, 15) is 4.79 Å². The number of nitrogens with zero attached hydrogens (tertiary/aromatic N) is 2. The molecule has 4 unspecified atom stereocenters. The normalized spacial score (nSPS) is 28.0. The van der Waals surface area contributed by atoms with Crippen LogP contribution in [0.2, 0.25) is 0 Å². The molecule has 0 saturated heterocycles. The molecule has 0 spiro atoms. The van der Waals surface area contributed by atoms with Gasteiger partial charge in [-0.25, -0.2) is 0 Å². The zero-order valence-electron chi connectivity index (χ0n) is 12.8. The summed E-state index contributed by atoms with van der Waals surface area (Å²) < 4.78 is 0. The Morgan fingerprint density at radius 2 is 2.00 bits per heavy atom. The number of nitrogens with one attached hydrogen (secondary N) is 1. The van der Waals surface area contributed by atoms with Crippen LogP contribution >= 0.6 is 0 Å². The Labute approximate surface area is 130 Å². The van der Waals surface area contributed by atoms with Gasteiger partial charge in [0.15, 0.2) is 0 Å². The maximum Gasteiger partial charge on any atom is 0.251 e. The molecule has 1 aromatic carbocycles. The van der Waals surface area contributed by atoms with E-state index in [0.717, 1.165) is 22.9 Å². The van der Waals surface area contributed by atoms with E-state index < -0.39 is 0 Å². The Kier molecular flexibility index (Phi) is 3.32. The number of aromatic nitrogens is 2. The van der Waals surface area contributed by atoms with Gasteiger partial charge in [-0.1, -0.05) is 6.42 Å². The van der Waals surface area contributed by atoms with Crippen molar-refractivity contribution < 1.29 is 4.79 Å². The molecule has 0 aliphatic heterocycles. The molecule has 114 valence electrons. The van der Waals surface area contributed by atoms with E-state index in [4.69, 9.17) is 0 Å². The van der Waals surface area contributed by atoms with Crippen LogP contribution in [0.5, 0.6) is 0 Å². The number of carbonyl (C=O) groups is 1. The lowest BCUT2D eigenvalue weighted by molar-refractivity contribution is 0.0915. The molecule has 4 atom stereocenters. The number of amides is 1. The van der Waals surface area contributed by atoms with Gasteiger partial charge in [0.05, 0.1) is 11.0 Å². The predicted molar refractivity (Wildman–Crippen MR) is 85.4 cm³/mol. The summed E-state index contributed by atoms with van der Waals surface area (Å²) in [6.45, 7) is 2.16. The highest BCUT2D eigenvalue weighted by Gasteiger charge is 2.42. The molecular formula is C18H21N3O. The summed E-state index contributed by atoms with van der Waals surface area (Å²) in [5, 5.41) is 3.20. The number of rotatable bonds is 3. The number of carbonyl (C=O) groups excluding carboxylic acids is 1. The second-order valence-corrected chi connectivity index (χ2v) is 6.86. The Morgan fingerprint density at radius 1 is 1.18 bits per heavy atom. The number of fused-ring (bicyclic) bond motifs is 3. The molecule has 4 nitrogen and oxygen atoms in total. The summed E-state index contributed by atoms with van der Waals surface area (Å²) in [5.74, 6) is 2.39. The molecule has 1 amide bonds. The van der Waals surface area contributed by atoms with Gasteiger partial charge in [-0.3, -0.25) is 14.8 Å². The monoisotopic (exact) mass is 295 g/mol. The maximum atomic E-state index is 12.5. The summed E-state index contributed by atoms with van der Waals surface area (Å²) >= 11 is 0. The molecule has 1 aromatic heterocycles.